The first-order valence-electron chi connectivity index (χ1n) is 6.67. The maximum atomic E-state index is 11.1. The molecule has 0 radical (unpaired) electrons. The molecular weight excluding hydrogens is 311 g/mol. The minimum Gasteiger partial charge on any atom is -0.497 e. The van der Waals surface area contributed by atoms with Crippen LogP contribution in [0.4, 0.5) is 0 Å². The van der Waals surface area contributed by atoms with E-state index < -0.39 is 19.8 Å². The zero-order valence-corrected chi connectivity index (χ0v) is 13.8. The van der Waals surface area contributed by atoms with Crippen LogP contribution in [0.25, 0.3) is 0 Å². The van der Waals surface area contributed by atoms with Crippen molar-refractivity contribution in [3.05, 3.63) is 29.8 Å². The lowest BCUT2D eigenvalue weighted by molar-refractivity contribution is -0.130. The van der Waals surface area contributed by atoms with Crippen molar-refractivity contribution in [2.75, 3.05) is 19.9 Å². The summed E-state index contributed by atoms with van der Waals surface area (Å²) in [6.45, 7) is 3.83. The highest BCUT2D eigenvalue weighted by Crippen LogP contribution is 2.35. The maximum absolute atomic E-state index is 11.1. The number of carbonyl (C=O) groups is 1. The molecule has 0 saturated heterocycles. The Morgan fingerprint density at radius 1 is 1.27 bits per heavy atom. The third-order valence-electron chi connectivity index (χ3n) is 2.44. The largest absolute Gasteiger partial charge is 0.497 e. The second kappa shape index (κ2) is 10.3. The van der Waals surface area contributed by atoms with Crippen molar-refractivity contribution in [2.24, 2.45) is 0 Å². The molecule has 0 aliphatic carbocycles. The number of methoxy groups -OCH3 is 1. The average Bonchev–Trinajstić information content (AvgIpc) is 2.48. The van der Waals surface area contributed by atoms with E-state index in [-0.39, 0.29) is 13.1 Å². The second-order valence-corrected chi connectivity index (χ2v) is 5.79. The second-order valence-electron chi connectivity index (χ2n) is 4.18. The summed E-state index contributed by atoms with van der Waals surface area (Å²) in [6, 6.07) is 6.86. The van der Waals surface area contributed by atoms with Crippen LogP contribution in [0.2, 0.25) is 0 Å². The monoisotopic (exact) mass is 334 g/mol. The van der Waals surface area contributed by atoms with Gasteiger partial charge in [-0.25, -0.2) is 5.48 Å². The SMILES string of the molecule is CC.COc1ccc(CN(CC(=O)NO)CP(=O)(O)O)cc1. The third-order valence-corrected chi connectivity index (χ3v) is 3.21. The number of amides is 1. The first-order valence-corrected chi connectivity index (χ1v) is 8.46. The summed E-state index contributed by atoms with van der Waals surface area (Å²) in [6.07, 6.45) is -0.577. The fourth-order valence-corrected chi connectivity index (χ4v) is 2.37. The molecule has 0 aromatic heterocycles. The summed E-state index contributed by atoms with van der Waals surface area (Å²) in [5.74, 6) is -0.0876. The Hall–Kier alpha value is -1.44. The predicted octanol–water partition coefficient (Wildman–Crippen LogP) is 1.16. The van der Waals surface area contributed by atoms with Gasteiger partial charge in [0.1, 0.15) is 12.0 Å². The zero-order valence-electron chi connectivity index (χ0n) is 12.9. The standard InChI is InChI=1S/C11H17N2O6P.C2H6/c1-19-10-4-2-9(3-5-10)6-13(7-11(14)12-15)8-20(16,17)18;1-2/h2-5,15H,6-8H2,1H3,(H,12,14)(H2,16,17,18);1-2H3. The quantitative estimate of drug-likeness (QED) is 0.336. The van der Waals surface area contributed by atoms with Crippen LogP contribution in [-0.4, -0.2) is 45.7 Å². The summed E-state index contributed by atoms with van der Waals surface area (Å²) < 4.78 is 16.0. The van der Waals surface area contributed by atoms with Gasteiger partial charge < -0.3 is 14.5 Å². The van der Waals surface area contributed by atoms with Crippen molar-refractivity contribution in [2.45, 2.75) is 20.4 Å². The maximum Gasteiger partial charge on any atom is 0.339 e. The number of carbonyl (C=O) groups excluding carboxylic acids is 1. The molecule has 1 aromatic carbocycles. The highest BCUT2D eigenvalue weighted by molar-refractivity contribution is 7.51. The van der Waals surface area contributed by atoms with Crippen LogP contribution in [0, 0.1) is 0 Å². The summed E-state index contributed by atoms with van der Waals surface area (Å²) in [5, 5.41) is 8.48. The van der Waals surface area contributed by atoms with E-state index in [0.29, 0.717) is 5.75 Å². The van der Waals surface area contributed by atoms with E-state index in [0.717, 1.165) is 5.56 Å². The van der Waals surface area contributed by atoms with Crippen molar-refractivity contribution in [1.82, 2.24) is 10.4 Å². The summed E-state index contributed by atoms with van der Waals surface area (Å²) in [5.41, 5.74) is 2.19. The number of ether oxygens (including phenoxy) is 1. The van der Waals surface area contributed by atoms with Crippen LogP contribution in [0.5, 0.6) is 5.75 Å². The Balaban J connectivity index is 0.00000211. The molecular formula is C13H23N2O6P. The van der Waals surface area contributed by atoms with Crippen molar-refractivity contribution in [3.63, 3.8) is 0 Å². The van der Waals surface area contributed by atoms with Crippen LogP contribution in [0.1, 0.15) is 19.4 Å². The molecule has 0 bridgehead atoms. The Bertz CT molecular complexity index is 488. The molecule has 0 saturated carbocycles. The fourth-order valence-electron chi connectivity index (χ4n) is 1.64. The molecule has 0 heterocycles. The van der Waals surface area contributed by atoms with E-state index in [4.69, 9.17) is 19.7 Å². The van der Waals surface area contributed by atoms with E-state index in [1.807, 2.05) is 13.8 Å². The Morgan fingerprint density at radius 2 is 1.82 bits per heavy atom. The van der Waals surface area contributed by atoms with Crippen LogP contribution >= 0.6 is 7.60 Å². The molecule has 1 rings (SSSR count). The highest BCUT2D eigenvalue weighted by atomic mass is 31.2. The molecule has 22 heavy (non-hydrogen) atoms. The number of hydrogen-bond acceptors (Lipinski definition) is 5. The Morgan fingerprint density at radius 3 is 2.23 bits per heavy atom. The van der Waals surface area contributed by atoms with Gasteiger partial charge in [-0.1, -0.05) is 26.0 Å². The molecule has 0 spiro atoms. The highest BCUT2D eigenvalue weighted by Gasteiger charge is 2.21. The molecule has 0 atom stereocenters. The normalized spacial score (nSPS) is 10.7. The molecule has 126 valence electrons. The minimum atomic E-state index is -4.30. The van der Waals surface area contributed by atoms with Crippen molar-refractivity contribution in [1.29, 1.82) is 0 Å². The van der Waals surface area contributed by atoms with Gasteiger partial charge in [0.05, 0.1) is 13.7 Å². The molecule has 0 fully saturated rings. The third kappa shape index (κ3) is 8.76. The lowest BCUT2D eigenvalue weighted by Gasteiger charge is -2.21. The van der Waals surface area contributed by atoms with Gasteiger partial charge >= 0.3 is 7.60 Å². The topological polar surface area (TPSA) is 119 Å². The Kier molecular flexibility index (Phi) is 9.64. The molecule has 9 heteroatoms. The van der Waals surface area contributed by atoms with E-state index in [9.17, 15) is 9.36 Å². The first kappa shape index (κ1) is 20.6. The van der Waals surface area contributed by atoms with E-state index in [1.165, 1.54) is 17.5 Å². The van der Waals surface area contributed by atoms with E-state index in [1.54, 1.807) is 24.3 Å². The van der Waals surface area contributed by atoms with Gasteiger partial charge in [-0.15, -0.1) is 0 Å². The van der Waals surface area contributed by atoms with Crippen LogP contribution in [0.15, 0.2) is 24.3 Å². The van der Waals surface area contributed by atoms with Gasteiger partial charge in [0.2, 0.25) is 0 Å². The smallest absolute Gasteiger partial charge is 0.339 e. The Labute approximate surface area is 129 Å². The molecule has 1 aromatic rings. The number of hydroxylamine groups is 1. The number of rotatable bonds is 7. The lowest BCUT2D eigenvalue weighted by atomic mass is 10.2. The molecule has 0 aliphatic heterocycles. The van der Waals surface area contributed by atoms with Crippen LogP contribution in [-0.2, 0) is 15.9 Å². The number of nitrogens with zero attached hydrogens (tertiary/aromatic N) is 1. The van der Waals surface area contributed by atoms with Gasteiger partial charge in [0, 0.05) is 6.54 Å². The first-order chi connectivity index (χ1) is 10.3. The molecule has 4 N–H and O–H groups in total. The van der Waals surface area contributed by atoms with Gasteiger partial charge in [-0.05, 0) is 17.7 Å². The van der Waals surface area contributed by atoms with Crippen molar-refractivity contribution < 1.29 is 29.1 Å². The van der Waals surface area contributed by atoms with E-state index in [2.05, 4.69) is 0 Å². The molecule has 8 nitrogen and oxygen atoms in total. The zero-order chi connectivity index (χ0) is 17.2. The number of nitrogens with one attached hydrogen (secondary N) is 1. The average molecular weight is 334 g/mol. The van der Waals surface area contributed by atoms with Gasteiger partial charge in [-0.2, -0.15) is 0 Å². The fraction of sp³-hybridized carbons (Fsp3) is 0.462. The summed E-state index contributed by atoms with van der Waals surface area (Å²) in [4.78, 5) is 30.3. The lowest BCUT2D eigenvalue weighted by Crippen LogP contribution is -2.36. The van der Waals surface area contributed by atoms with Gasteiger partial charge in [0.15, 0.2) is 0 Å². The van der Waals surface area contributed by atoms with Crippen molar-refractivity contribution in [3.8, 4) is 5.75 Å². The van der Waals surface area contributed by atoms with Gasteiger partial charge in [0.25, 0.3) is 5.91 Å². The summed E-state index contributed by atoms with van der Waals surface area (Å²) in [7, 11) is -2.77. The van der Waals surface area contributed by atoms with Crippen LogP contribution in [0.3, 0.4) is 0 Å². The van der Waals surface area contributed by atoms with Gasteiger partial charge in [-0.3, -0.25) is 19.5 Å². The number of hydrogen-bond donors (Lipinski definition) is 4. The van der Waals surface area contributed by atoms with Crippen molar-refractivity contribution >= 4 is 13.5 Å². The predicted molar refractivity (Wildman–Crippen MR) is 81.6 cm³/mol. The minimum absolute atomic E-state index is 0.155. The van der Waals surface area contributed by atoms with E-state index >= 15 is 0 Å². The van der Waals surface area contributed by atoms with Crippen LogP contribution < -0.4 is 10.2 Å². The number of benzene rings is 1. The molecule has 0 aliphatic rings. The molecule has 1 amide bonds. The molecule has 0 unspecified atom stereocenters. The summed E-state index contributed by atoms with van der Waals surface area (Å²) >= 11 is 0.